The van der Waals surface area contributed by atoms with Gasteiger partial charge in [-0.25, -0.2) is 4.98 Å². The van der Waals surface area contributed by atoms with Gasteiger partial charge in [-0.1, -0.05) is 48.0 Å². The Labute approximate surface area is 167 Å². The van der Waals surface area contributed by atoms with Crippen LogP contribution in [0, 0.1) is 6.92 Å². The van der Waals surface area contributed by atoms with Gasteiger partial charge in [0.1, 0.15) is 0 Å². The maximum Gasteiger partial charge on any atom is 0.305 e. The second-order valence-electron chi connectivity index (χ2n) is 6.42. The fourth-order valence-corrected chi connectivity index (χ4v) is 3.08. The zero-order valence-corrected chi connectivity index (χ0v) is 15.9. The molecule has 28 heavy (non-hydrogen) atoms. The van der Waals surface area contributed by atoms with Crippen molar-refractivity contribution in [2.45, 2.75) is 25.8 Å². The number of aliphatic carboxylic acids is 1. The highest BCUT2D eigenvalue weighted by Gasteiger charge is 2.20. The Morgan fingerprint density at radius 1 is 1.18 bits per heavy atom. The molecule has 1 heterocycles. The summed E-state index contributed by atoms with van der Waals surface area (Å²) in [6.45, 7) is 1.63. The number of carboxylic acid groups (broad SMARTS) is 1. The molecule has 1 unspecified atom stereocenters. The van der Waals surface area contributed by atoms with Crippen molar-refractivity contribution in [3.63, 3.8) is 0 Å². The molecule has 0 bridgehead atoms. The van der Waals surface area contributed by atoms with Gasteiger partial charge in [0.2, 0.25) is 5.76 Å². The summed E-state index contributed by atoms with van der Waals surface area (Å²) in [6, 6.07) is 14.7. The lowest BCUT2D eigenvalue weighted by Crippen LogP contribution is -2.38. The minimum Gasteiger partial charge on any atom is -0.481 e. The third-order valence-electron chi connectivity index (χ3n) is 4.20. The lowest BCUT2D eigenvalue weighted by molar-refractivity contribution is -0.137. The van der Waals surface area contributed by atoms with Crippen LogP contribution in [-0.2, 0) is 11.2 Å². The van der Waals surface area contributed by atoms with Crippen LogP contribution in [0.15, 0.2) is 59.1 Å². The number of aromatic nitrogens is 1. The van der Waals surface area contributed by atoms with Crippen molar-refractivity contribution in [2.75, 3.05) is 0 Å². The molecular weight excluding hydrogens is 380 g/mol. The minimum atomic E-state index is -0.991. The summed E-state index contributed by atoms with van der Waals surface area (Å²) in [5.41, 5.74) is 2.91. The van der Waals surface area contributed by atoms with E-state index in [9.17, 15) is 9.59 Å². The quantitative estimate of drug-likeness (QED) is 0.624. The summed E-state index contributed by atoms with van der Waals surface area (Å²) < 4.78 is 5.19. The summed E-state index contributed by atoms with van der Waals surface area (Å²) in [6.07, 6.45) is 1.50. The minimum absolute atomic E-state index is 0.0594. The molecule has 3 aromatic rings. The molecule has 7 heteroatoms. The van der Waals surface area contributed by atoms with E-state index >= 15 is 0 Å². The summed E-state index contributed by atoms with van der Waals surface area (Å²) >= 11 is 6.04. The monoisotopic (exact) mass is 398 g/mol. The van der Waals surface area contributed by atoms with Crippen LogP contribution in [0.2, 0.25) is 5.02 Å². The Morgan fingerprint density at radius 3 is 2.54 bits per heavy atom. The molecule has 6 nitrogen and oxygen atoms in total. The average molecular weight is 399 g/mol. The van der Waals surface area contributed by atoms with Gasteiger partial charge in [0.05, 0.1) is 12.6 Å². The number of carbonyl (C=O) groups is 2. The first-order chi connectivity index (χ1) is 13.4. The molecule has 0 aliphatic carbocycles. The van der Waals surface area contributed by atoms with Crippen LogP contribution in [0.5, 0.6) is 0 Å². The van der Waals surface area contributed by atoms with Crippen LogP contribution in [0.1, 0.15) is 28.4 Å². The highest BCUT2D eigenvalue weighted by Crippen LogP contribution is 2.23. The number of hydrogen-bond acceptors (Lipinski definition) is 4. The first-order valence-corrected chi connectivity index (χ1v) is 9.08. The number of aryl methyl sites for hydroxylation is 1. The van der Waals surface area contributed by atoms with Crippen LogP contribution < -0.4 is 5.32 Å². The van der Waals surface area contributed by atoms with Crippen LogP contribution in [-0.4, -0.2) is 28.0 Å². The molecule has 0 saturated heterocycles. The number of benzene rings is 2. The van der Waals surface area contributed by atoms with Crippen molar-refractivity contribution in [1.82, 2.24) is 10.3 Å². The molecule has 3 rings (SSSR count). The highest BCUT2D eigenvalue weighted by atomic mass is 35.5. The van der Waals surface area contributed by atoms with Crippen LogP contribution in [0.3, 0.4) is 0 Å². The Morgan fingerprint density at radius 2 is 1.93 bits per heavy atom. The maximum atomic E-state index is 12.3. The molecule has 2 aromatic carbocycles. The summed E-state index contributed by atoms with van der Waals surface area (Å²) in [5, 5.41) is 12.5. The largest absolute Gasteiger partial charge is 0.481 e. The van der Waals surface area contributed by atoms with E-state index < -0.39 is 17.9 Å². The van der Waals surface area contributed by atoms with Crippen LogP contribution in [0.25, 0.3) is 11.1 Å². The summed E-state index contributed by atoms with van der Waals surface area (Å²) in [7, 11) is 0. The molecule has 1 aromatic heterocycles. The highest BCUT2D eigenvalue weighted by molar-refractivity contribution is 6.30. The van der Waals surface area contributed by atoms with E-state index in [1.54, 1.807) is 6.92 Å². The van der Waals surface area contributed by atoms with Gasteiger partial charge in [-0.3, -0.25) is 9.59 Å². The molecule has 0 spiro atoms. The standard InChI is InChI=1S/C21H19ClN2O4/c1-13-23-12-19(28-13)21(27)24-18(11-20(25)26)9-14-5-7-15(8-6-14)16-3-2-4-17(22)10-16/h2-8,10,12,18H,9,11H2,1H3,(H,24,27)(H,25,26). The van der Waals surface area contributed by atoms with Gasteiger partial charge in [-0.15, -0.1) is 0 Å². The van der Waals surface area contributed by atoms with Crippen molar-refractivity contribution in [2.24, 2.45) is 0 Å². The first-order valence-electron chi connectivity index (χ1n) is 8.70. The van der Waals surface area contributed by atoms with Crippen molar-refractivity contribution in [3.8, 4) is 11.1 Å². The Hall–Kier alpha value is -3.12. The molecular formula is C21H19ClN2O4. The van der Waals surface area contributed by atoms with E-state index in [2.05, 4.69) is 10.3 Å². The fraction of sp³-hybridized carbons (Fsp3) is 0.190. The zero-order chi connectivity index (χ0) is 20.1. The van der Waals surface area contributed by atoms with Crippen molar-refractivity contribution in [3.05, 3.63) is 77.0 Å². The Balaban J connectivity index is 1.71. The van der Waals surface area contributed by atoms with Gasteiger partial charge in [-0.2, -0.15) is 0 Å². The number of nitrogens with one attached hydrogen (secondary N) is 1. The number of carboxylic acids is 1. The van der Waals surface area contributed by atoms with E-state index in [0.717, 1.165) is 16.7 Å². The van der Waals surface area contributed by atoms with Gasteiger partial charge >= 0.3 is 5.97 Å². The summed E-state index contributed by atoms with van der Waals surface area (Å²) in [4.78, 5) is 27.3. The van der Waals surface area contributed by atoms with Gasteiger partial charge < -0.3 is 14.8 Å². The van der Waals surface area contributed by atoms with E-state index in [0.29, 0.717) is 17.3 Å². The Kier molecular flexibility index (Phi) is 6.11. The van der Waals surface area contributed by atoms with Gasteiger partial charge in [0, 0.05) is 18.0 Å². The van der Waals surface area contributed by atoms with E-state index in [1.165, 1.54) is 6.20 Å². The van der Waals surface area contributed by atoms with Gasteiger partial charge in [0.15, 0.2) is 5.89 Å². The van der Waals surface area contributed by atoms with E-state index in [-0.39, 0.29) is 12.2 Å². The van der Waals surface area contributed by atoms with E-state index in [4.69, 9.17) is 21.1 Å². The van der Waals surface area contributed by atoms with Crippen molar-refractivity contribution >= 4 is 23.5 Å². The first kappa shape index (κ1) is 19.6. The van der Waals surface area contributed by atoms with Crippen LogP contribution in [0.4, 0.5) is 0 Å². The number of rotatable bonds is 7. The molecule has 2 N–H and O–H groups in total. The smallest absolute Gasteiger partial charge is 0.305 e. The SMILES string of the molecule is Cc1ncc(C(=O)NC(CC(=O)O)Cc2ccc(-c3cccc(Cl)c3)cc2)o1. The number of carbonyl (C=O) groups excluding carboxylic acids is 1. The third kappa shape index (κ3) is 5.20. The molecule has 0 saturated carbocycles. The summed E-state index contributed by atoms with van der Waals surface area (Å²) in [5.74, 6) is -1.04. The fourth-order valence-electron chi connectivity index (χ4n) is 2.89. The molecule has 0 radical (unpaired) electrons. The van der Waals surface area contributed by atoms with Crippen LogP contribution >= 0.6 is 11.6 Å². The number of amides is 1. The zero-order valence-electron chi connectivity index (χ0n) is 15.2. The molecule has 0 aliphatic heterocycles. The normalized spacial score (nSPS) is 11.8. The molecule has 1 amide bonds. The molecule has 1 atom stereocenters. The predicted molar refractivity (Wildman–Crippen MR) is 105 cm³/mol. The molecule has 0 fully saturated rings. The average Bonchev–Trinajstić information content (AvgIpc) is 3.08. The van der Waals surface area contributed by atoms with E-state index in [1.807, 2.05) is 48.5 Å². The Bertz CT molecular complexity index is 982. The number of oxazole rings is 1. The lowest BCUT2D eigenvalue weighted by atomic mass is 9.99. The van der Waals surface area contributed by atoms with Gasteiger partial charge in [0.25, 0.3) is 5.91 Å². The second-order valence-corrected chi connectivity index (χ2v) is 6.86. The lowest BCUT2D eigenvalue weighted by Gasteiger charge is -2.16. The molecule has 0 aliphatic rings. The van der Waals surface area contributed by atoms with Gasteiger partial charge in [-0.05, 0) is 35.2 Å². The second kappa shape index (κ2) is 8.71. The predicted octanol–water partition coefficient (Wildman–Crippen LogP) is 4.12. The van der Waals surface area contributed by atoms with Crippen molar-refractivity contribution in [1.29, 1.82) is 0 Å². The number of halogens is 1. The van der Waals surface area contributed by atoms with Crippen molar-refractivity contribution < 1.29 is 19.1 Å². The number of hydrogen-bond donors (Lipinski definition) is 2. The molecule has 144 valence electrons. The topological polar surface area (TPSA) is 92.4 Å². The maximum absolute atomic E-state index is 12.3. The third-order valence-corrected chi connectivity index (χ3v) is 4.43. The number of nitrogens with zero attached hydrogens (tertiary/aromatic N) is 1.